The molecule has 0 aliphatic heterocycles. The van der Waals surface area contributed by atoms with Crippen molar-refractivity contribution >= 4 is 25.4 Å². The highest BCUT2D eigenvalue weighted by Crippen LogP contribution is 2.14. The summed E-state index contributed by atoms with van der Waals surface area (Å²) in [7, 11) is 0.498. The maximum absolute atomic E-state index is 10.7. The first-order valence-corrected chi connectivity index (χ1v) is 8.50. The van der Waals surface area contributed by atoms with E-state index < -0.39 is 8.07 Å². The van der Waals surface area contributed by atoms with E-state index in [1.165, 1.54) is 11.2 Å². The van der Waals surface area contributed by atoms with E-state index in [2.05, 4.69) is 32.2 Å². The van der Waals surface area contributed by atoms with Gasteiger partial charge in [0.15, 0.2) is 0 Å². The van der Waals surface area contributed by atoms with Crippen LogP contribution in [0, 0.1) is 0 Å². The van der Waals surface area contributed by atoms with Crippen LogP contribution in [0.4, 0.5) is 5.69 Å². The second kappa shape index (κ2) is 4.62. The van der Waals surface area contributed by atoms with Crippen LogP contribution < -0.4 is 10.1 Å². The van der Waals surface area contributed by atoms with Gasteiger partial charge in [0.05, 0.1) is 8.07 Å². The molecule has 0 bridgehead atoms. The third-order valence-corrected chi connectivity index (χ3v) is 6.72. The first-order valence-electron chi connectivity index (χ1n) is 5.30. The second-order valence-corrected chi connectivity index (χ2v) is 9.56. The van der Waals surface area contributed by atoms with Gasteiger partial charge in [-0.15, -0.1) is 0 Å². The van der Waals surface area contributed by atoms with Crippen molar-refractivity contribution in [3.8, 4) is 0 Å². The van der Waals surface area contributed by atoms with Crippen LogP contribution in [0.2, 0.25) is 19.1 Å². The van der Waals surface area contributed by atoms with Crippen LogP contribution in [-0.4, -0.2) is 21.5 Å². The van der Waals surface area contributed by atoms with Crippen molar-refractivity contribution in [2.75, 3.05) is 11.9 Å². The lowest BCUT2D eigenvalue weighted by atomic mass is 10.3. The molecule has 0 aromatic heterocycles. The van der Waals surface area contributed by atoms with E-state index in [1.807, 2.05) is 12.1 Å². The molecule has 1 aromatic rings. The summed E-state index contributed by atoms with van der Waals surface area (Å²) < 4.78 is 0. The molecule has 0 unspecified atom stereocenters. The number of carbonyl (C=O) groups excluding carboxylic acids is 1. The van der Waals surface area contributed by atoms with Crippen molar-refractivity contribution in [1.29, 1.82) is 0 Å². The van der Waals surface area contributed by atoms with E-state index in [9.17, 15) is 4.79 Å². The van der Waals surface area contributed by atoms with Crippen LogP contribution in [0.5, 0.6) is 0 Å². The molecule has 0 aliphatic rings. The number of anilines is 1. The zero-order valence-corrected chi connectivity index (χ0v) is 10.9. The highest BCUT2D eigenvalue weighted by atomic mass is 28.3. The van der Waals surface area contributed by atoms with Crippen molar-refractivity contribution in [2.24, 2.45) is 0 Å². The summed E-state index contributed by atoms with van der Waals surface area (Å²) in [5, 5.41) is 1.41. The van der Waals surface area contributed by atoms with Crippen molar-refractivity contribution in [2.45, 2.75) is 26.1 Å². The molecule has 0 saturated heterocycles. The summed E-state index contributed by atoms with van der Waals surface area (Å²) in [5.74, 6) is 0. The van der Waals surface area contributed by atoms with E-state index in [-0.39, 0.29) is 0 Å². The largest absolute Gasteiger partial charge is 0.318 e. The molecule has 0 aliphatic carbocycles. The zero-order chi connectivity index (χ0) is 11.5. The van der Waals surface area contributed by atoms with Crippen LogP contribution >= 0.6 is 0 Å². The molecule has 0 fully saturated rings. The highest BCUT2D eigenvalue weighted by Gasteiger charge is 2.20. The molecule has 15 heavy (non-hydrogen) atoms. The molecule has 0 spiro atoms. The third-order valence-electron chi connectivity index (χ3n) is 3.08. The van der Waals surface area contributed by atoms with Gasteiger partial charge < -0.3 is 4.90 Å². The van der Waals surface area contributed by atoms with Crippen LogP contribution in [-0.2, 0) is 4.79 Å². The van der Waals surface area contributed by atoms with Gasteiger partial charge in [-0.1, -0.05) is 43.4 Å². The third kappa shape index (κ3) is 2.69. The predicted octanol–water partition coefficient (Wildman–Crippen LogP) is 2.21. The Kier molecular flexibility index (Phi) is 3.69. The lowest BCUT2D eigenvalue weighted by Crippen LogP contribution is -2.40. The van der Waals surface area contributed by atoms with Crippen molar-refractivity contribution in [3.63, 3.8) is 0 Å². The number of amides is 1. The summed E-state index contributed by atoms with van der Waals surface area (Å²) in [6, 6.07) is 9.55. The molecule has 82 valence electrons. The molecule has 0 heterocycles. The van der Waals surface area contributed by atoms with E-state index >= 15 is 0 Å². The Morgan fingerprint density at radius 3 is 2.60 bits per heavy atom. The van der Waals surface area contributed by atoms with Gasteiger partial charge in [-0.05, 0) is 12.1 Å². The number of nitrogens with zero attached hydrogens (tertiary/aromatic N) is 1. The van der Waals surface area contributed by atoms with Gasteiger partial charge in [-0.3, -0.25) is 4.79 Å². The Morgan fingerprint density at radius 2 is 2.07 bits per heavy atom. The Bertz CT molecular complexity index is 349. The minimum atomic E-state index is -1.29. The quantitative estimate of drug-likeness (QED) is 0.564. The van der Waals surface area contributed by atoms with Gasteiger partial charge in [0, 0.05) is 12.7 Å². The average molecular weight is 221 g/mol. The molecule has 1 rings (SSSR count). The van der Waals surface area contributed by atoms with Gasteiger partial charge in [0.2, 0.25) is 6.41 Å². The van der Waals surface area contributed by atoms with Gasteiger partial charge in [0.1, 0.15) is 0 Å². The number of hydrogen-bond acceptors (Lipinski definition) is 1. The van der Waals surface area contributed by atoms with E-state index in [0.717, 1.165) is 12.1 Å². The summed E-state index contributed by atoms with van der Waals surface area (Å²) >= 11 is 0. The fraction of sp³-hybridized carbons (Fsp3) is 0.417. The van der Waals surface area contributed by atoms with E-state index in [1.54, 1.807) is 11.9 Å². The lowest BCUT2D eigenvalue weighted by Gasteiger charge is -2.22. The van der Waals surface area contributed by atoms with Crippen LogP contribution in [0.25, 0.3) is 0 Å². The Balaban J connectivity index is 3.07. The van der Waals surface area contributed by atoms with Crippen molar-refractivity contribution in [3.05, 3.63) is 24.3 Å². The fourth-order valence-corrected chi connectivity index (χ4v) is 2.91. The monoisotopic (exact) mass is 221 g/mol. The van der Waals surface area contributed by atoms with Crippen LogP contribution in [0.1, 0.15) is 6.92 Å². The molecule has 0 saturated carbocycles. The van der Waals surface area contributed by atoms with Gasteiger partial charge >= 0.3 is 0 Å². The van der Waals surface area contributed by atoms with E-state index in [4.69, 9.17) is 0 Å². The first-order chi connectivity index (χ1) is 7.01. The minimum absolute atomic E-state index is 0.847. The van der Waals surface area contributed by atoms with Crippen molar-refractivity contribution < 1.29 is 4.79 Å². The molecule has 1 aromatic carbocycles. The first kappa shape index (κ1) is 12.0. The molecule has 0 atom stereocenters. The molecule has 1 amide bonds. The SMILES string of the molecule is CC[Si](C)(C)c1cccc(N(C)C=O)c1. The predicted molar refractivity (Wildman–Crippen MR) is 68.5 cm³/mol. The number of carbonyl (C=O) groups is 1. The summed E-state index contributed by atoms with van der Waals surface area (Å²) in [4.78, 5) is 12.3. The molecule has 3 heteroatoms. The highest BCUT2D eigenvalue weighted by molar-refractivity contribution is 6.89. The van der Waals surface area contributed by atoms with E-state index in [0.29, 0.717) is 0 Å². The maximum Gasteiger partial charge on any atom is 0.213 e. The number of hydrogen-bond donors (Lipinski definition) is 0. The zero-order valence-electron chi connectivity index (χ0n) is 9.95. The fourth-order valence-electron chi connectivity index (χ4n) is 1.41. The maximum atomic E-state index is 10.7. The van der Waals surface area contributed by atoms with Gasteiger partial charge in [-0.25, -0.2) is 0 Å². The molecular formula is C12H19NOSi. The standard InChI is InChI=1S/C12H19NOSi/c1-5-15(3,4)12-8-6-7-11(9-12)13(2)10-14/h6-10H,5H2,1-4H3. The smallest absolute Gasteiger partial charge is 0.213 e. The summed E-state index contributed by atoms with van der Waals surface area (Å²) in [6.45, 7) is 6.95. The van der Waals surface area contributed by atoms with Crippen LogP contribution in [0.3, 0.4) is 0 Å². The Labute approximate surface area is 92.9 Å². The van der Waals surface area contributed by atoms with Crippen molar-refractivity contribution in [1.82, 2.24) is 0 Å². The topological polar surface area (TPSA) is 20.3 Å². The number of benzene rings is 1. The molecule has 0 radical (unpaired) electrons. The average Bonchev–Trinajstić information content (AvgIpc) is 2.28. The second-order valence-electron chi connectivity index (χ2n) is 4.50. The minimum Gasteiger partial charge on any atom is -0.318 e. The summed E-state index contributed by atoms with van der Waals surface area (Å²) in [5.41, 5.74) is 0.983. The lowest BCUT2D eigenvalue weighted by molar-refractivity contribution is -0.107. The summed E-state index contributed by atoms with van der Waals surface area (Å²) in [6.07, 6.45) is 0.847. The van der Waals surface area contributed by atoms with Crippen LogP contribution in [0.15, 0.2) is 24.3 Å². The molecule has 0 N–H and O–H groups in total. The molecule has 2 nitrogen and oxygen atoms in total. The Morgan fingerprint density at radius 1 is 1.40 bits per heavy atom. The Hall–Kier alpha value is -1.09. The van der Waals surface area contributed by atoms with Gasteiger partial charge in [-0.2, -0.15) is 0 Å². The normalized spacial score (nSPS) is 11.2. The number of rotatable bonds is 4. The van der Waals surface area contributed by atoms with Gasteiger partial charge in [0.25, 0.3) is 0 Å². The molecular weight excluding hydrogens is 202 g/mol.